The Bertz CT molecular complexity index is 815. The van der Waals surface area contributed by atoms with Gasteiger partial charge in [0.15, 0.2) is 17.3 Å². The topological polar surface area (TPSA) is 76.0 Å². The van der Waals surface area contributed by atoms with Gasteiger partial charge in [-0.15, -0.1) is 0 Å². The molecule has 0 aliphatic heterocycles. The van der Waals surface area contributed by atoms with Crippen LogP contribution < -0.4 is 9.47 Å². The largest absolute Gasteiger partial charge is 0.506 e. The summed E-state index contributed by atoms with van der Waals surface area (Å²) in [5.74, 6) is 0.535. The highest BCUT2D eigenvalue weighted by molar-refractivity contribution is 14.1. The molecule has 0 bridgehead atoms. The van der Waals surface area contributed by atoms with Crippen molar-refractivity contribution in [1.29, 1.82) is 0 Å². The van der Waals surface area contributed by atoms with Crippen LogP contribution in [0.15, 0.2) is 30.3 Å². The number of methoxy groups -OCH3 is 2. The van der Waals surface area contributed by atoms with Gasteiger partial charge < -0.3 is 19.7 Å². The number of ketones is 1. The Kier molecular flexibility index (Phi) is 6.33. The van der Waals surface area contributed by atoms with Gasteiger partial charge in [0, 0.05) is 0 Å². The first-order valence-corrected chi connectivity index (χ1v) is 8.89. The minimum atomic E-state index is -0.363. The number of rotatable bonds is 5. The number of phenolic OH excluding ortho intramolecular Hbond substituents is 2. The Morgan fingerprint density at radius 1 is 1.04 bits per heavy atom. The Hall–Kier alpha value is -1.49. The average Bonchev–Trinajstić information content (AvgIpc) is 2.60. The van der Waals surface area contributed by atoms with E-state index in [0.29, 0.717) is 15.1 Å². The molecule has 2 rings (SSSR count). The summed E-state index contributed by atoms with van der Waals surface area (Å²) in [4.78, 5) is 12.3. The number of allylic oxidation sites excluding steroid dienone is 1. The van der Waals surface area contributed by atoms with Crippen LogP contribution in [-0.2, 0) is 0 Å². The molecule has 126 valence electrons. The molecule has 2 aromatic rings. The first kappa shape index (κ1) is 18.8. The van der Waals surface area contributed by atoms with E-state index in [1.54, 1.807) is 54.0 Å². The second-order valence-corrected chi connectivity index (χ2v) is 6.97. The van der Waals surface area contributed by atoms with Gasteiger partial charge in [0.25, 0.3) is 0 Å². The molecule has 0 aliphatic rings. The van der Waals surface area contributed by atoms with Crippen LogP contribution in [0.25, 0.3) is 6.08 Å². The van der Waals surface area contributed by atoms with Crippen molar-refractivity contribution in [2.75, 3.05) is 14.2 Å². The molecule has 2 aromatic carbocycles. The zero-order valence-electron chi connectivity index (χ0n) is 12.8. The molecule has 2 N–H and O–H groups in total. The standard InChI is InChI=1S/C17H14I2O5/c1-23-13-6-4-9(7-14(13)24-2)3-5-12(20)10-8-11(18)17(22)15(19)16(10)21/h3-8,21-22H,1-2H3/b5-3+. The Morgan fingerprint density at radius 3 is 2.33 bits per heavy atom. The van der Waals surface area contributed by atoms with E-state index in [4.69, 9.17) is 9.47 Å². The third-order valence-electron chi connectivity index (χ3n) is 3.27. The van der Waals surface area contributed by atoms with Crippen molar-refractivity contribution in [3.05, 3.63) is 48.6 Å². The third-order valence-corrected chi connectivity index (χ3v) is 5.11. The van der Waals surface area contributed by atoms with E-state index in [-0.39, 0.29) is 26.4 Å². The molecule has 0 fully saturated rings. The molecule has 0 spiro atoms. The summed E-state index contributed by atoms with van der Waals surface area (Å²) in [5, 5.41) is 19.8. The number of benzene rings is 2. The Morgan fingerprint density at radius 2 is 1.71 bits per heavy atom. The molecule has 0 unspecified atom stereocenters. The van der Waals surface area contributed by atoms with Crippen LogP contribution in [0.2, 0.25) is 0 Å². The zero-order chi connectivity index (χ0) is 17.9. The summed E-state index contributed by atoms with van der Waals surface area (Å²) in [6.45, 7) is 0. The van der Waals surface area contributed by atoms with Gasteiger partial charge in [-0.3, -0.25) is 4.79 Å². The monoisotopic (exact) mass is 552 g/mol. The lowest BCUT2D eigenvalue weighted by atomic mass is 10.1. The highest BCUT2D eigenvalue weighted by atomic mass is 127. The number of carbonyl (C=O) groups is 1. The molecular weight excluding hydrogens is 538 g/mol. The fourth-order valence-corrected chi connectivity index (χ4v) is 3.68. The van der Waals surface area contributed by atoms with Crippen molar-refractivity contribution >= 4 is 57.0 Å². The summed E-state index contributed by atoms with van der Waals surface area (Å²) in [6, 6.07) is 6.73. The quantitative estimate of drug-likeness (QED) is 0.331. The number of phenols is 2. The van der Waals surface area contributed by atoms with Crippen molar-refractivity contribution in [3.8, 4) is 23.0 Å². The number of aromatic hydroxyl groups is 2. The minimum Gasteiger partial charge on any atom is -0.506 e. The predicted molar refractivity (Wildman–Crippen MR) is 108 cm³/mol. The molecule has 7 heteroatoms. The van der Waals surface area contributed by atoms with Crippen LogP contribution in [0.4, 0.5) is 0 Å². The van der Waals surface area contributed by atoms with E-state index < -0.39 is 0 Å². The van der Waals surface area contributed by atoms with Crippen molar-refractivity contribution < 1.29 is 24.5 Å². The maximum Gasteiger partial charge on any atom is 0.189 e. The maximum absolute atomic E-state index is 12.3. The second-order valence-electron chi connectivity index (χ2n) is 4.73. The molecule has 0 aromatic heterocycles. The van der Waals surface area contributed by atoms with Gasteiger partial charge in [-0.05, 0) is 75.0 Å². The number of hydrogen-bond acceptors (Lipinski definition) is 5. The van der Waals surface area contributed by atoms with Crippen molar-refractivity contribution in [1.82, 2.24) is 0 Å². The fourth-order valence-electron chi connectivity index (χ4n) is 2.00. The second kappa shape index (κ2) is 8.06. The summed E-state index contributed by atoms with van der Waals surface area (Å²) in [6.07, 6.45) is 2.98. The van der Waals surface area contributed by atoms with E-state index in [1.165, 1.54) is 19.3 Å². The number of ether oxygens (including phenoxy) is 2. The summed E-state index contributed by atoms with van der Waals surface area (Å²) >= 11 is 3.71. The summed E-state index contributed by atoms with van der Waals surface area (Å²) < 4.78 is 11.1. The van der Waals surface area contributed by atoms with Crippen molar-refractivity contribution in [2.24, 2.45) is 0 Å². The van der Waals surface area contributed by atoms with Crippen molar-refractivity contribution in [3.63, 3.8) is 0 Å². The molecule has 5 nitrogen and oxygen atoms in total. The lowest BCUT2D eigenvalue weighted by Gasteiger charge is -2.08. The molecule has 0 aliphatic carbocycles. The van der Waals surface area contributed by atoms with Crippen LogP contribution in [0.3, 0.4) is 0 Å². The van der Waals surface area contributed by atoms with Crippen molar-refractivity contribution in [2.45, 2.75) is 0 Å². The minimum absolute atomic E-state index is 0.0332. The molecule has 0 atom stereocenters. The highest BCUT2D eigenvalue weighted by Gasteiger charge is 2.17. The molecule has 0 amide bonds. The first-order chi connectivity index (χ1) is 11.4. The SMILES string of the molecule is COc1ccc(/C=C/C(=O)c2cc(I)c(O)c(I)c2O)cc1OC. The zero-order valence-corrected chi connectivity index (χ0v) is 17.2. The van der Waals surface area contributed by atoms with E-state index in [1.807, 2.05) is 22.6 Å². The van der Waals surface area contributed by atoms with Crippen LogP contribution >= 0.6 is 45.2 Å². The van der Waals surface area contributed by atoms with Crippen LogP contribution in [0.1, 0.15) is 15.9 Å². The molecule has 0 saturated heterocycles. The van der Waals surface area contributed by atoms with Gasteiger partial charge in [0.2, 0.25) is 0 Å². The smallest absolute Gasteiger partial charge is 0.189 e. The number of hydrogen-bond donors (Lipinski definition) is 2. The maximum atomic E-state index is 12.3. The van der Waals surface area contributed by atoms with E-state index in [9.17, 15) is 15.0 Å². The van der Waals surface area contributed by atoms with Gasteiger partial charge >= 0.3 is 0 Å². The summed E-state index contributed by atoms with van der Waals surface area (Å²) in [7, 11) is 3.09. The van der Waals surface area contributed by atoms with Crippen LogP contribution in [-0.4, -0.2) is 30.2 Å². The average molecular weight is 552 g/mol. The lowest BCUT2D eigenvalue weighted by Crippen LogP contribution is -1.98. The Labute approximate surface area is 166 Å². The molecule has 24 heavy (non-hydrogen) atoms. The van der Waals surface area contributed by atoms with Gasteiger partial charge in [-0.2, -0.15) is 0 Å². The van der Waals surface area contributed by atoms with Gasteiger partial charge in [-0.25, -0.2) is 0 Å². The molecule has 0 radical (unpaired) electrons. The summed E-state index contributed by atoms with van der Waals surface area (Å²) in [5.41, 5.74) is 0.891. The number of halogens is 2. The Balaban J connectivity index is 2.32. The molecule has 0 heterocycles. The van der Waals surface area contributed by atoms with E-state index in [2.05, 4.69) is 0 Å². The van der Waals surface area contributed by atoms with Gasteiger partial charge in [-0.1, -0.05) is 12.1 Å². The highest BCUT2D eigenvalue weighted by Crippen LogP contribution is 2.36. The lowest BCUT2D eigenvalue weighted by molar-refractivity contribution is 0.104. The third kappa shape index (κ3) is 3.94. The predicted octanol–water partition coefficient (Wildman–Crippen LogP) is 4.22. The normalized spacial score (nSPS) is 10.8. The number of carbonyl (C=O) groups excluding carboxylic acids is 1. The van der Waals surface area contributed by atoms with Crippen LogP contribution in [0, 0.1) is 7.14 Å². The van der Waals surface area contributed by atoms with Crippen LogP contribution in [0.5, 0.6) is 23.0 Å². The van der Waals surface area contributed by atoms with E-state index >= 15 is 0 Å². The first-order valence-electron chi connectivity index (χ1n) is 6.73. The van der Waals surface area contributed by atoms with Gasteiger partial charge in [0.1, 0.15) is 11.5 Å². The van der Waals surface area contributed by atoms with E-state index in [0.717, 1.165) is 5.56 Å². The fraction of sp³-hybridized carbons (Fsp3) is 0.118. The van der Waals surface area contributed by atoms with Gasteiger partial charge in [0.05, 0.1) is 26.9 Å². The molecule has 0 saturated carbocycles. The molecular formula is C17H14I2O5.